The number of rotatable bonds is 7. The number of hydrogen-bond acceptors (Lipinski definition) is 7. The Morgan fingerprint density at radius 1 is 1.23 bits per heavy atom. The van der Waals surface area contributed by atoms with Crippen molar-refractivity contribution in [3.8, 4) is 11.5 Å². The number of carbonyl (C=O) groups excluding carboxylic acids is 1. The Kier molecular flexibility index (Phi) is 6.93. The molecule has 0 atom stereocenters. The molecule has 8 nitrogen and oxygen atoms in total. The lowest BCUT2D eigenvalue weighted by Crippen LogP contribution is -2.06. The second-order valence-corrected chi connectivity index (χ2v) is 7.52. The maximum absolute atomic E-state index is 12.3. The van der Waals surface area contributed by atoms with Crippen LogP contribution in [0, 0.1) is 13.7 Å². The average molecular weight is 543 g/mol. The number of nitro groups is 1. The summed E-state index contributed by atoms with van der Waals surface area (Å²) in [4.78, 5) is 27.0. The predicted molar refractivity (Wildman–Crippen MR) is 120 cm³/mol. The lowest BCUT2D eigenvalue weighted by Gasteiger charge is -2.13. The Morgan fingerprint density at radius 3 is 2.63 bits per heavy atom. The fourth-order valence-corrected chi connectivity index (χ4v) is 3.66. The van der Waals surface area contributed by atoms with E-state index >= 15 is 0 Å². The largest absolute Gasteiger partial charge is 0.490 e. The number of nitrogens with zero attached hydrogens (tertiary/aromatic N) is 2. The molecule has 10 heteroatoms. The fraction of sp³-hybridized carbons (Fsp3) is 0.200. The third kappa shape index (κ3) is 4.73. The summed E-state index contributed by atoms with van der Waals surface area (Å²) in [5, 5.41) is 11.1. The number of nitro benzene ring substituents is 1. The second kappa shape index (κ2) is 9.43. The Balaban J connectivity index is 1.98. The smallest absolute Gasteiger partial charge is 0.363 e. The van der Waals surface area contributed by atoms with Gasteiger partial charge in [-0.3, -0.25) is 10.1 Å². The molecule has 1 heterocycles. The summed E-state index contributed by atoms with van der Waals surface area (Å²) in [6.45, 7) is 4.69. The van der Waals surface area contributed by atoms with Gasteiger partial charge in [-0.15, -0.1) is 0 Å². The van der Waals surface area contributed by atoms with Crippen LogP contribution in [0.25, 0.3) is 6.08 Å². The molecular weight excluding hydrogens is 527 g/mol. The molecule has 0 unspecified atom stereocenters. The summed E-state index contributed by atoms with van der Waals surface area (Å²) in [7, 11) is 0. The molecule has 0 aromatic heterocycles. The molecule has 0 spiro atoms. The zero-order valence-electron chi connectivity index (χ0n) is 16.0. The zero-order valence-corrected chi connectivity index (χ0v) is 18.9. The molecule has 0 radical (unpaired) electrons. The molecule has 0 saturated carbocycles. The van der Waals surface area contributed by atoms with Crippen molar-refractivity contribution in [1.82, 2.24) is 0 Å². The highest BCUT2D eigenvalue weighted by Crippen LogP contribution is 2.35. The van der Waals surface area contributed by atoms with Crippen LogP contribution >= 0.6 is 34.2 Å². The molecule has 1 aliphatic heterocycles. The van der Waals surface area contributed by atoms with Crippen LogP contribution in [0.15, 0.2) is 41.0 Å². The Hall–Kier alpha value is -2.66. The van der Waals surface area contributed by atoms with Gasteiger partial charge in [-0.25, -0.2) is 9.79 Å². The minimum Gasteiger partial charge on any atom is -0.490 e. The van der Waals surface area contributed by atoms with Crippen molar-refractivity contribution in [2.24, 2.45) is 4.99 Å². The molecule has 2 aromatic rings. The quantitative estimate of drug-likeness (QED) is 0.161. The topological polar surface area (TPSA) is 100 Å². The van der Waals surface area contributed by atoms with Crippen LogP contribution in [0.3, 0.4) is 0 Å². The van der Waals surface area contributed by atoms with Crippen molar-refractivity contribution in [1.29, 1.82) is 0 Å². The first-order valence-corrected chi connectivity index (χ1v) is 10.4. The van der Waals surface area contributed by atoms with Gasteiger partial charge in [0.05, 0.1) is 21.7 Å². The van der Waals surface area contributed by atoms with Crippen LogP contribution in [-0.2, 0) is 9.53 Å². The molecule has 3 rings (SSSR count). The first-order valence-electron chi connectivity index (χ1n) is 8.90. The van der Waals surface area contributed by atoms with Crippen molar-refractivity contribution in [2.45, 2.75) is 13.8 Å². The number of esters is 1. The Labute approximate surface area is 190 Å². The summed E-state index contributed by atoms with van der Waals surface area (Å²) in [6.07, 6.45) is 1.56. The standard InChI is InChI=1S/C20H16ClIN2O6/c1-3-28-17-9-11(7-14(22)18(17)29-4-2)8-15-20(25)30-19(23-15)12-5-6-13(21)16(10-12)24(26)27/h5-10H,3-4H2,1-2H3/b15-8-. The molecule has 0 amide bonds. The highest BCUT2D eigenvalue weighted by atomic mass is 127. The maximum Gasteiger partial charge on any atom is 0.363 e. The monoisotopic (exact) mass is 542 g/mol. The van der Waals surface area contributed by atoms with Gasteiger partial charge in [0.2, 0.25) is 5.90 Å². The second-order valence-electron chi connectivity index (χ2n) is 5.96. The van der Waals surface area contributed by atoms with Crippen molar-refractivity contribution in [3.63, 3.8) is 0 Å². The van der Waals surface area contributed by atoms with E-state index in [4.69, 9.17) is 25.8 Å². The van der Waals surface area contributed by atoms with Crippen molar-refractivity contribution < 1.29 is 23.9 Å². The van der Waals surface area contributed by atoms with E-state index < -0.39 is 10.9 Å². The number of ether oxygens (including phenoxy) is 3. The first kappa shape index (κ1) is 22.0. The summed E-state index contributed by atoms with van der Waals surface area (Å²) >= 11 is 7.96. The number of halogens is 2. The van der Waals surface area contributed by atoms with E-state index in [1.165, 1.54) is 18.2 Å². The third-order valence-corrected chi connectivity index (χ3v) is 5.05. The summed E-state index contributed by atoms with van der Waals surface area (Å²) in [5.74, 6) is 0.497. The molecule has 1 aliphatic rings. The first-order chi connectivity index (χ1) is 14.3. The summed E-state index contributed by atoms with van der Waals surface area (Å²) in [5.41, 5.74) is 0.710. The number of hydrogen-bond donors (Lipinski definition) is 0. The van der Waals surface area contributed by atoms with E-state index in [-0.39, 0.29) is 27.9 Å². The van der Waals surface area contributed by atoms with Crippen molar-refractivity contribution in [2.75, 3.05) is 13.2 Å². The van der Waals surface area contributed by atoms with Crippen LogP contribution in [0.1, 0.15) is 25.0 Å². The highest BCUT2D eigenvalue weighted by molar-refractivity contribution is 14.1. The number of carbonyl (C=O) groups is 1. The lowest BCUT2D eigenvalue weighted by molar-refractivity contribution is -0.384. The van der Waals surface area contributed by atoms with Crippen LogP contribution < -0.4 is 9.47 Å². The lowest BCUT2D eigenvalue weighted by atomic mass is 10.1. The molecule has 2 aromatic carbocycles. The number of benzene rings is 2. The third-order valence-electron chi connectivity index (χ3n) is 3.93. The van der Waals surface area contributed by atoms with Gasteiger partial charge in [-0.2, -0.15) is 0 Å². The zero-order chi connectivity index (χ0) is 21.8. The van der Waals surface area contributed by atoms with E-state index in [0.29, 0.717) is 30.3 Å². The van der Waals surface area contributed by atoms with Gasteiger partial charge >= 0.3 is 5.97 Å². The average Bonchev–Trinajstić information content (AvgIpc) is 3.05. The van der Waals surface area contributed by atoms with Gasteiger partial charge in [0.1, 0.15) is 5.02 Å². The molecule has 0 N–H and O–H groups in total. The normalized spacial score (nSPS) is 14.5. The molecule has 30 heavy (non-hydrogen) atoms. The molecule has 0 fully saturated rings. The maximum atomic E-state index is 12.3. The molecular formula is C20H16ClIN2O6. The van der Waals surface area contributed by atoms with Crippen LogP contribution in [-0.4, -0.2) is 30.0 Å². The van der Waals surface area contributed by atoms with Gasteiger partial charge in [-0.05, 0) is 72.3 Å². The number of cyclic esters (lactones) is 1. The van der Waals surface area contributed by atoms with E-state index in [2.05, 4.69) is 27.6 Å². The highest BCUT2D eigenvalue weighted by Gasteiger charge is 2.26. The van der Waals surface area contributed by atoms with Gasteiger partial charge in [-0.1, -0.05) is 11.6 Å². The Bertz CT molecular complexity index is 1080. The van der Waals surface area contributed by atoms with E-state index in [0.717, 1.165) is 3.57 Å². The van der Waals surface area contributed by atoms with Gasteiger partial charge in [0, 0.05) is 11.6 Å². The van der Waals surface area contributed by atoms with Crippen LogP contribution in [0.5, 0.6) is 11.5 Å². The van der Waals surface area contributed by atoms with Crippen LogP contribution in [0.4, 0.5) is 5.69 Å². The minimum absolute atomic E-state index is 0.0168. The predicted octanol–water partition coefficient (Wildman–Crippen LogP) is 4.99. The minimum atomic E-state index is -0.663. The van der Waals surface area contributed by atoms with E-state index in [9.17, 15) is 14.9 Å². The summed E-state index contributed by atoms with van der Waals surface area (Å²) in [6, 6.07) is 7.64. The molecule has 0 bridgehead atoms. The fourth-order valence-electron chi connectivity index (χ4n) is 2.69. The van der Waals surface area contributed by atoms with Crippen LogP contribution in [0.2, 0.25) is 5.02 Å². The molecule has 0 saturated heterocycles. The number of aliphatic imine (C=N–C) groups is 1. The SMILES string of the molecule is CCOc1cc(/C=C2\N=C(c3ccc(Cl)c([N+](=O)[O-])c3)OC2=O)cc(I)c1OCC. The van der Waals surface area contributed by atoms with E-state index in [1.54, 1.807) is 12.1 Å². The summed E-state index contributed by atoms with van der Waals surface area (Å²) < 4.78 is 17.3. The van der Waals surface area contributed by atoms with E-state index in [1.807, 2.05) is 19.9 Å². The van der Waals surface area contributed by atoms with Crippen molar-refractivity contribution in [3.05, 3.63) is 65.9 Å². The van der Waals surface area contributed by atoms with Gasteiger partial charge in [0.25, 0.3) is 5.69 Å². The van der Waals surface area contributed by atoms with Gasteiger partial charge in [0.15, 0.2) is 17.2 Å². The molecule has 0 aliphatic carbocycles. The van der Waals surface area contributed by atoms with Gasteiger partial charge < -0.3 is 14.2 Å². The molecule has 156 valence electrons. The van der Waals surface area contributed by atoms with Crippen molar-refractivity contribution >= 4 is 57.8 Å². The Morgan fingerprint density at radius 2 is 1.97 bits per heavy atom.